The normalized spacial score (nSPS) is 19.9. The van der Waals surface area contributed by atoms with Gasteiger partial charge in [0.1, 0.15) is 4.34 Å². The van der Waals surface area contributed by atoms with Gasteiger partial charge in [0.15, 0.2) is 0 Å². The number of hydrogen-bond acceptors (Lipinski definition) is 2. The van der Waals surface area contributed by atoms with Crippen LogP contribution in [0.1, 0.15) is 30.9 Å². The fourth-order valence-electron chi connectivity index (χ4n) is 1.56. The van der Waals surface area contributed by atoms with Crippen LogP contribution in [-0.2, 0) is 0 Å². The highest BCUT2D eigenvalue weighted by Gasteiger charge is 2.28. The summed E-state index contributed by atoms with van der Waals surface area (Å²) in [5.74, 6) is 0.392. The van der Waals surface area contributed by atoms with Gasteiger partial charge in [0.05, 0.1) is 10.4 Å². The summed E-state index contributed by atoms with van der Waals surface area (Å²) in [6, 6.07) is 1.78. The Hall–Kier alpha value is 0.240. The van der Waals surface area contributed by atoms with Crippen LogP contribution < -0.4 is 0 Å². The van der Waals surface area contributed by atoms with Gasteiger partial charge in [0.25, 0.3) is 0 Å². The lowest BCUT2D eigenvalue weighted by Crippen LogP contribution is -2.19. The van der Waals surface area contributed by atoms with Gasteiger partial charge < -0.3 is 5.11 Å². The molecule has 0 spiro atoms. The summed E-state index contributed by atoms with van der Waals surface area (Å²) in [5.41, 5.74) is 0.807. The molecule has 1 aromatic rings. The zero-order valence-corrected chi connectivity index (χ0v) is 9.29. The van der Waals surface area contributed by atoms with Crippen molar-refractivity contribution in [2.75, 3.05) is 0 Å². The molecule has 1 atom stereocenters. The average molecular weight is 237 g/mol. The van der Waals surface area contributed by atoms with E-state index in [4.69, 9.17) is 23.2 Å². The predicted molar refractivity (Wildman–Crippen MR) is 56.6 cm³/mol. The van der Waals surface area contributed by atoms with Crippen molar-refractivity contribution in [2.24, 2.45) is 5.92 Å². The molecule has 0 bridgehead atoms. The minimum atomic E-state index is -0.412. The van der Waals surface area contributed by atoms with Gasteiger partial charge in [-0.05, 0) is 24.8 Å². The number of rotatable bonds is 2. The molecule has 1 aliphatic rings. The first-order valence-corrected chi connectivity index (χ1v) is 5.88. The molecule has 1 unspecified atom stereocenters. The Morgan fingerprint density at radius 3 is 2.54 bits per heavy atom. The van der Waals surface area contributed by atoms with Crippen molar-refractivity contribution >= 4 is 34.5 Å². The van der Waals surface area contributed by atoms with Crippen LogP contribution >= 0.6 is 34.5 Å². The van der Waals surface area contributed by atoms with Gasteiger partial charge in [-0.1, -0.05) is 29.6 Å². The van der Waals surface area contributed by atoms with Crippen LogP contribution in [0.5, 0.6) is 0 Å². The van der Waals surface area contributed by atoms with Crippen molar-refractivity contribution in [3.63, 3.8) is 0 Å². The first-order chi connectivity index (χ1) is 6.18. The molecule has 1 aromatic heterocycles. The molecule has 0 aromatic carbocycles. The second kappa shape index (κ2) is 3.77. The third-order valence-electron chi connectivity index (χ3n) is 2.60. The number of aliphatic hydroxyl groups excluding tert-OH is 1. The van der Waals surface area contributed by atoms with Gasteiger partial charge in [-0.3, -0.25) is 0 Å². The fraction of sp³-hybridized carbons (Fsp3) is 0.556. The van der Waals surface area contributed by atoms with E-state index in [0.717, 1.165) is 18.4 Å². The summed E-state index contributed by atoms with van der Waals surface area (Å²) in [4.78, 5) is 0. The van der Waals surface area contributed by atoms with Gasteiger partial charge in [0, 0.05) is 5.56 Å². The quantitative estimate of drug-likeness (QED) is 0.827. The Bertz CT molecular complexity index is 307. The van der Waals surface area contributed by atoms with Gasteiger partial charge in [-0.2, -0.15) is 0 Å². The molecule has 2 rings (SSSR count). The van der Waals surface area contributed by atoms with E-state index < -0.39 is 6.10 Å². The van der Waals surface area contributed by atoms with Gasteiger partial charge in [0.2, 0.25) is 0 Å². The molecule has 1 aliphatic carbocycles. The summed E-state index contributed by atoms with van der Waals surface area (Å²) >= 11 is 13.1. The summed E-state index contributed by atoms with van der Waals surface area (Å²) in [5, 5.41) is 9.90. The molecule has 1 heterocycles. The van der Waals surface area contributed by atoms with Gasteiger partial charge in [-0.15, -0.1) is 11.3 Å². The van der Waals surface area contributed by atoms with E-state index in [2.05, 4.69) is 0 Å². The standard InChI is InChI=1S/C9H10Cl2OS/c10-7-4-6(9(11)13-7)8(12)5-2-1-3-5/h4-5,8,12H,1-3H2. The van der Waals surface area contributed by atoms with E-state index in [1.165, 1.54) is 17.8 Å². The maximum atomic E-state index is 9.90. The summed E-state index contributed by atoms with van der Waals surface area (Å²) in [6.45, 7) is 0. The highest BCUT2D eigenvalue weighted by molar-refractivity contribution is 7.20. The lowest BCUT2D eigenvalue weighted by atomic mass is 9.79. The summed E-state index contributed by atoms with van der Waals surface area (Å²) < 4.78 is 1.28. The van der Waals surface area contributed by atoms with Crippen LogP contribution in [0.4, 0.5) is 0 Å². The van der Waals surface area contributed by atoms with Gasteiger partial charge in [-0.25, -0.2) is 0 Å². The average Bonchev–Trinajstić information content (AvgIpc) is 2.26. The van der Waals surface area contributed by atoms with Crippen molar-refractivity contribution in [2.45, 2.75) is 25.4 Å². The van der Waals surface area contributed by atoms with Crippen molar-refractivity contribution in [3.05, 3.63) is 20.3 Å². The maximum absolute atomic E-state index is 9.90. The minimum absolute atomic E-state index is 0.392. The van der Waals surface area contributed by atoms with E-state index in [1.807, 2.05) is 0 Å². The molecule has 0 radical (unpaired) electrons. The third kappa shape index (κ3) is 1.86. The first-order valence-electron chi connectivity index (χ1n) is 4.31. The van der Waals surface area contributed by atoms with Crippen molar-refractivity contribution in [3.8, 4) is 0 Å². The molecule has 1 N–H and O–H groups in total. The Balaban J connectivity index is 2.18. The van der Waals surface area contributed by atoms with E-state index in [0.29, 0.717) is 14.6 Å². The Morgan fingerprint density at radius 2 is 2.15 bits per heavy atom. The maximum Gasteiger partial charge on any atom is 0.100 e. The van der Waals surface area contributed by atoms with E-state index in [1.54, 1.807) is 6.07 Å². The molecular formula is C9H10Cl2OS. The third-order valence-corrected chi connectivity index (χ3v) is 4.12. The predicted octanol–water partition coefficient (Wildman–Crippen LogP) is 3.89. The number of halogens is 2. The Morgan fingerprint density at radius 1 is 1.46 bits per heavy atom. The van der Waals surface area contributed by atoms with Gasteiger partial charge >= 0.3 is 0 Å². The van der Waals surface area contributed by atoms with E-state index >= 15 is 0 Å². The molecule has 0 saturated heterocycles. The van der Waals surface area contributed by atoms with Crippen molar-refractivity contribution in [1.82, 2.24) is 0 Å². The first kappa shape index (κ1) is 9.78. The summed E-state index contributed by atoms with van der Waals surface area (Å²) in [7, 11) is 0. The molecule has 0 amide bonds. The lowest BCUT2D eigenvalue weighted by Gasteiger charge is -2.30. The molecular weight excluding hydrogens is 227 g/mol. The van der Waals surface area contributed by atoms with Crippen LogP contribution in [0.15, 0.2) is 6.07 Å². The van der Waals surface area contributed by atoms with Crippen molar-refractivity contribution in [1.29, 1.82) is 0 Å². The highest BCUT2D eigenvalue weighted by atomic mass is 35.5. The summed E-state index contributed by atoms with van der Waals surface area (Å²) in [6.07, 6.45) is 3.01. The largest absolute Gasteiger partial charge is 0.388 e. The molecule has 72 valence electrons. The molecule has 0 aliphatic heterocycles. The Kier molecular flexibility index (Phi) is 2.84. The molecule has 1 nitrogen and oxygen atoms in total. The second-order valence-electron chi connectivity index (χ2n) is 3.42. The zero-order valence-electron chi connectivity index (χ0n) is 6.96. The van der Waals surface area contributed by atoms with Crippen LogP contribution in [0.25, 0.3) is 0 Å². The molecule has 1 saturated carbocycles. The van der Waals surface area contributed by atoms with E-state index in [-0.39, 0.29) is 0 Å². The second-order valence-corrected chi connectivity index (χ2v) is 5.70. The zero-order chi connectivity index (χ0) is 9.42. The highest BCUT2D eigenvalue weighted by Crippen LogP contribution is 2.43. The molecule has 4 heteroatoms. The smallest absolute Gasteiger partial charge is 0.100 e. The number of aliphatic hydroxyl groups is 1. The van der Waals surface area contributed by atoms with E-state index in [9.17, 15) is 5.11 Å². The fourth-order valence-corrected chi connectivity index (χ4v) is 3.10. The van der Waals surface area contributed by atoms with Crippen LogP contribution in [0.3, 0.4) is 0 Å². The van der Waals surface area contributed by atoms with Crippen LogP contribution in [0, 0.1) is 5.92 Å². The minimum Gasteiger partial charge on any atom is -0.388 e. The number of thiophene rings is 1. The lowest BCUT2D eigenvalue weighted by molar-refractivity contribution is 0.0625. The topological polar surface area (TPSA) is 20.2 Å². The SMILES string of the molecule is OC(c1cc(Cl)sc1Cl)C1CCC1. The monoisotopic (exact) mass is 236 g/mol. The Labute approximate surface area is 91.3 Å². The molecule has 13 heavy (non-hydrogen) atoms. The van der Waals surface area contributed by atoms with Crippen LogP contribution in [0.2, 0.25) is 8.67 Å². The molecule has 1 fully saturated rings. The number of hydrogen-bond donors (Lipinski definition) is 1. The van der Waals surface area contributed by atoms with Crippen molar-refractivity contribution < 1.29 is 5.11 Å². The van der Waals surface area contributed by atoms with Crippen LogP contribution in [-0.4, -0.2) is 5.11 Å².